The molecule has 1 aromatic heterocycles. The Kier molecular flexibility index (Phi) is 3.53. The van der Waals surface area contributed by atoms with Gasteiger partial charge in [-0.05, 0) is 18.2 Å². The molecular formula is C12H8ClN3O. The first-order valence-corrected chi connectivity index (χ1v) is 5.40. The molecule has 0 aliphatic rings. The van der Waals surface area contributed by atoms with Gasteiger partial charge in [0.1, 0.15) is 5.75 Å². The average Bonchev–Trinajstić information content (AvgIpc) is 2.40. The molecule has 0 spiro atoms. The Bertz CT molecular complexity index is 548. The van der Waals surface area contributed by atoms with Gasteiger partial charge in [0, 0.05) is 18.0 Å². The molecule has 0 N–H and O–H groups in total. The van der Waals surface area contributed by atoms with E-state index >= 15 is 0 Å². The SMILES string of the molecule is N#Cc1cccc(Oc2ncc(CCl)cn2)c1. The molecule has 0 bridgehead atoms. The van der Waals surface area contributed by atoms with Gasteiger partial charge in [0.2, 0.25) is 0 Å². The summed E-state index contributed by atoms with van der Waals surface area (Å²) in [5.41, 5.74) is 1.35. The second kappa shape index (κ2) is 5.28. The van der Waals surface area contributed by atoms with E-state index in [9.17, 15) is 0 Å². The summed E-state index contributed by atoms with van der Waals surface area (Å²) >= 11 is 5.62. The second-order valence-electron chi connectivity index (χ2n) is 3.25. The van der Waals surface area contributed by atoms with Gasteiger partial charge < -0.3 is 4.74 Å². The lowest BCUT2D eigenvalue weighted by molar-refractivity contribution is 0.441. The molecule has 0 saturated carbocycles. The summed E-state index contributed by atoms with van der Waals surface area (Å²) in [6.45, 7) is 0. The number of hydrogen-bond donors (Lipinski definition) is 0. The smallest absolute Gasteiger partial charge is 0.321 e. The molecule has 4 nitrogen and oxygen atoms in total. The summed E-state index contributed by atoms with van der Waals surface area (Å²) in [4.78, 5) is 8.00. The maximum Gasteiger partial charge on any atom is 0.321 e. The third kappa shape index (κ3) is 2.92. The van der Waals surface area contributed by atoms with Crippen molar-refractivity contribution in [3.05, 3.63) is 47.8 Å². The first-order valence-electron chi connectivity index (χ1n) is 4.86. The van der Waals surface area contributed by atoms with Gasteiger partial charge in [0.25, 0.3) is 0 Å². The van der Waals surface area contributed by atoms with E-state index < -0.39 is 0 Å². The van der Waals surface area contributed by atoms with Gasteiger partial charge in [-0.25, -0.2) is 9.97 Å². The average molecular weight is 246 g/mol. The fourth-order valence-corrected chi connectivity index (χ4v) is 1.34. The lowest BCUT2D eigenvalue weighted by Gasteiger charge is -2.03. The van der Waals surface area contributed by atoms with E-state index in [4.69, 9.17) is 21.6 Å². The Morgan fingerprint density at radius 2 is 2.06 bits per heavy atom. The van der Waals surface area contributed by atoms with Crippen LogP contribution in [0.2, 0.25) is 0 Å². The normalized spacial score (nSPS) is 9.65. The highest BCUT2D eigenvalue weighted by molar-refractivity contribution is 6.17. The number of benzene rings is 1. The van der Waals surface area contributed by atoms with Crippen molar-refractivity contribution >= 4 is 11.6 Å². The molecule has 84 valence electrons. The molecule has 2 aromatic rings. The van der Waals surface area contributed by atoms with Crippen molar-refractivity contribution < 1.29 is 4.74 Å². The van der Waals surface area contributed by atoms with Gasteiger partial charge in [-0.1, -0.05) is 6.07 Å². The van der Waals surface area contributed by atoms with Crippen molar-refractivity contribution in [2.24, 2.45) is 0 Å². The molecule has 1 heterocycles. The van der Waals surface area contributed by atoms with Crippen molar-refractivity contribution in [2.45, 2.75) is 5.88 Å². The van der Waals surface area contributed by atoms with Crippen LogP contribution >= 0.6 is 11.6 Å². The number of aromatic nitrogens is 2. The molecule has 5 heteroatoms. The maximum atomic E-state index is 8.74. The first kappa shape index (κ1) is 11.4. The van der Waals surface area contributed by atoms with Crippen LogP contribution < -0.4 is 4.74 Å². The zero-order chi connectivity index (χ0) is 12.1. The molecule has 1 aromatic carbocycles. The molecule has 2 rings (SSSR count). The number of halogens is 1. The summed E-state index contributed by atoms with van der Waals surface area (Å²) in [5.74, 6) is 0.896. The van der Waals surface area contributed by atoms with Gasteiger partial charge in [-0.3, -0.25) is 0 Å². The third-order valence-electron chi connectivity index (χ3n) is 2.01. The molecule has 0 aliphatic carbocycles. The zero-order valence-corrected chi connectivity index (χ0v) is 9.55. The topological polar surface area (TPSA) is 58.8 Å². The number of ether oxygens (including phenoxy) is 1. The Labute approximate surface area is 103 Å². The number of rotatable bonds is 3. The van der Waals surface area contributed by atoms with Crippen LogP contribution in [0.5, 0.6) is 11.8 Å². The van der Waals surface area contributed by atoms with Gasteiger partial charge >= 0.3 is 6.01 Å². The van der Waals surface area contributed by atoms with Crippen LogP contribution in [0, 0.1) is 11.3 Å². The predicted octanol–water partition coefficient (Wildman–Crippen LogP) is 2.88. The quantitative estimate of drug-likeness (QED) is 0.780. The minimum atomic E-state index is 0.231. The monoisotopic (exact) mass is 245 g/mol. The molecule has 0 saturated heterocycles. The standard InChI is InChI=1S/C12H8ClN3O/c13-5-10-7-15-12(16-8-10)17-11-3-1-2-9(4-11)6-14/h1-4,7-8H,5H2. The van der Waals surface area contributed by atoms with Crippen molar-refractivity contribution in [1.82, 2.24) is 9.97 Å². The van der Waals surface area contributed by atoms with Crippen molar-refractivity contribution in [3.63, 3.8) is 0 Å². The molecule has 0 fully saturated rings. The van der Waals surface area contributed by atoms with Crippen LogP contribution in [0.15, 0.2) is 36.7 Å². The number of nitrogens with zero attached hydrogens (tertiary/aromatic N) is 3. The van der Waals surface area contributed by atoms with Crippen molar-refractivity contribution in [3.8, 4) is 17.8 Å². The minimum absolute atomic E-state index is 0.231. The van der Waals surface area contributed by atoms with E-state index in [1.807, 2.05) is 6.07 Å². The molecule has 17 heavy (non-hydrogen) atoms. The summed E-state index contributed by atoms with van der Waals surface area (Å²) < 4.78 is 5.40. The molecule has 0 aliphatic heterocycles. The number of alkyl halides is 1. The van der Waals surface area contributed by atoms with Crippen LogP contribution in [0.3, 0.4) is 0 Å². The van der Waals surface area contributed by atoms with Crippen molar-refractivity contribution in [1.29, 1.82) is 5.26 Å². The summed E-state index contributed by atoms with van der Waals surface area (Å²) in [6, 6.07) is 9.06. The van der Waals surface area contributed by atoms with E-state index in [0.29, 0.717) is 17.2 Å². The summed E-state index contributed by atoms with van der Waals surface area (Å²) in [6.07, 6.45) is 3.20. The Morgan fingerprint density at radius 1 is 1.29 bits per heavy atom. The maximum absolute atomic E-state index is 8.74. The van der Waals surface area contributed by atoms with Gasteiger partial charge in [-0.15, -0.1) is 11.6 Å². The van der Waals surface area contributed by atoms with E-state index in [1.54, 1.807) is 36.7 Å². The molecular weight excluding hydrogens is 238 g/mol. The van der Waals surface area contributed by atoms with Crippen LogP contribution in [-0.4, -0.2) is 9.97 Å². The fourth-order valence-electron chi connectivity index (χ4n) is 1.20. The van der Waals surface area contributed by atoms with Gasteiger partial charge in [-0.2, -0.15) is 5.26 Å². The van der Waals surface area contributed by atoms with Crippen LogP contribution in [0.4, 0.5) is 0 Å². The van der Waals surface area contributed by atoms with Gasteiger partial charge in [0.05, 0.1) is 17.5 Å². The lowest BCUT2D eigenvalue weighted by Crippen LogP contribution is -1.93. The minimum Gasteiger partial charge on any atom is -0.424 e. The number of nitriles is 1. The van der Waals surface area contributed by atoms with Crippen LogP contribution in [0.1, 0.15) is 11.1 Å². The highest BCUT2D eigenvalue weighted by Crippen LogP contribution is 2.18. The summed E-state index contributed by atoms with van der Waals surface area (Å²) in [5, 5.41) is 8.74. The fraction of sp³-hybridized carbons (Fsp3) is 0.0833. The zero-order valence-electron chi connectivity index (χ0n) is 8.80. The van der Waals surface area contributed by atoms with E-state index in [2.05, 4.69) is 9.97 Å². The van der Waals surface area contributed by atoms with E-state index in [-0.39, 0.29) is 6.01 Å². The third-order valence-corrected chi connectivity index (χ3v) is 2.32. The van der Waals surface area contributed by atoms with Gasteiger partial charge in [0.15, 0.2) is 0 Å². The number of hydrogen-bond acceptors (Lipinski definition) is 4. The Hall–Kier alpha value is -2.12. The molecule has 0 unspecified atom stereocenters. The summed E-state index contributed by atoms with van der Waals surface area (Å²) in [7, 11) is 0. The largest absolute Gasteiger partial charge is 0.424 e. The highest BCUT2D eigenvalue weighted by atomic mass is 35.5. The second-order valence-corrected chi connectivity index (χ2v) is 3.52. The molecule has 0 radical (unpaired) electrons. The molecule has 0 atom stereocenters. The van der Waals surface area contributed by atoms with Crippen LogP contribution in [0.25, 0.3) is 0 Å². The lowest BCUT2D eigenvalue weighted by atomic mass is 10.2. The van der Waals surface area contributed by atoms with E-state index in [1.165, 1.54) is 0 Å². The first-order chi connectivity index (χ1) is 8.31. The molecule has 0 amide bonds. The predicted molar refractivity (Wildman–Crippen MR) is 62.8 cm³/mol. The van der Waals surface area contributed by atoms with Crippen molar-refractivity contribution in [2.75, 3.05) is 0 Å². The Balaban J connectivity index is 2.16. The highest BCUT2D eigenvalue weighted by Gasteiger charge is 2.01. The van der Waals surface area contributed by atoms with E-state index in [0.717, 1.165) is 5.56 Å². The van der Waals surface area contributed by atoms with Crippen LogP contribution in [-0.2, 0) is 5.88 Å². The Morgan fingerprint density at radius 3 is 2.71 bits per heavy atom.